The Morgan fingerprint density at radius 1 is 1.29 bits per heavy atom. The summed E-state index contributed by atoms with van der Waals surface area (Å²) < 4.78 is 4.53. The number of carbonyl (C=O) groups is 1. The highest BCUT2D eigenvalue weighted by molar-refractivity contribution is 5.81. The average Bonchev–Trinajstić information content (AvgIpc) is 2.39. The summed E-state index contributed by atoms with van der Waals surface area (Å²) in [4.78, 5) is 15.3. The first-order chi connectivity index (χ1) is 6.72. The number of nitrogens with zero attached hydrogens (tertiary/aromatic N) is 2. The van der Waals surface area contributed by atoms with Crippen LogP contribution in [-0.4, -0.2) is 56.1 Å². The van der Waals surface area contributed by atoms with Crippen LogP contribution in [0.4, 0.5) is 0 Å². The highest BCUT2D eigenvalue weighted by atomic mass is 16.5. The van der Waals surface area contributed by atoms with Gasteiger partial charge in [0.15, 0.2) is 0 Å². The molecule has 4 heteroatoms. The molecule has 1 saturated heterocycles. The highest BCUT2D eigenvalue weighted by Gasteiger charge is 2.08. The molecule has 0 bridgehead atoms. The third kappa shape index (κ3) is 3.79. The zero-order valence-electron chi connectivity index (χ0n) is 8.90. The summed E-state index contributed by atoms with van der Waals surface area (Å²) in [6, 6.07) is 0. The van der Waals surface area contributed by atoms with Crippen molar-refractivity contribution in [2.45, 2.75) is 6.42 Å². The van der Waals surface area contributed by atoms with Crippen LogP contribution in [0.3, 0.4) is 0 Å². The molecule has 1 aliphatic heterocycles. The molecule has 80 valence electrons. The average molecular weight is 198 g/mol. The van der Waals surface area contributed by atoms with Crippen LogP contribution in [0.25, 0.3) is 0 Å². The summed E-state index contributed by atoms with van der Waals surface area (Å²) in [6.45, 7) is 4.16. The molecule has 14 heavy (non-hydrogen) atoms. The Balaban J connectivity index is 2.37. The largest absolute Gasteiger partial charge is 0.466 e. The van der Waals surface area contributed by atoms with E-state index >= 15 is 0 Å². The molecule has 0 radical (unpaired) electrons. The molecular weight excluding hydrogens is 180 g/mol. The molecule has 1 aliphatic rings. The quantitative estimate of drug-likeness (QED) is 0.472. The van der Waals surface area contributed by atoms with E-state index in [-0.39, 0.29) is 5.97 Å². The molecule has 1 fully saturated rings. The molecule has 0 atom stereocenters. The van der Waals surface area contributed by atoms with Crippen molar-refractivity contribution in [3.63, 3.8) is 0 Å². The molecule has 0 aliphatic carbocycles. The van der Waals surface area contributed by atoms with Crippen LogP contribution in [0.15, 0.2) is 12.3 Å². The predicted octanol–water partition coefficient (Wildman–Crippen LogP) is 0.311. The normalized spacial score (nSPS) is 19.7. The highest BCUT2D eigenvalue weighted by Crippen LogP contribution is 2.01. The van der Waals surface area contributed by atoms with E-state index in [9.17, 15) is 4.79 Å². The maximum atomic E-state index is 10.9. The number of carbonyl (C=O) groups excluding carboxylic acids is 1. The van der Waals surface area contributed by atoms with E-state index in [1.54, 1.807) is 0 Å². The van der Waals surface area contributed by atoms with Crippen molar-refractivity contribution in [2.75, 3.05) is 40.3 Å². The van der Waals surface area contributed by atoms with E-state index in [0.717, 1.165) is 32.6 Å². The summed E-state index contributed by atoms with van der Waals surface area (Å²) in [5.41, 5.74) is 0. The Morgan fingerprint density at radius 3 is 2.79 bits per heavy atom. The van der Waals surface area contributed by atoms with E-state index in [0.29, 0.717) is 0 Å². The van der Waals surface area contributed by atoms with E-state index < -0.39 is 0 Å². The molecule has 0 N–H and O–H groups in total. The minimum absolute atomic E-state index is 0.289. The first-order valence-corrected chi connectivity index (χ1v) is 4.91. The minimum Gasteiger partial charge on any atom is -0.466 e. The van der Waals surface area contributed by atoms with Crippen LogP contribution >= 0.6 is 0 Å². The van der Waals surface area contributed by atoms with Gasteiger partial charge < -0.3 is 14.5 Å². The lowest BCUT2D eigenvalue weighted by atomic mass is 10.4. The second kappa shape index (κ2) is 5.65. The zero-order valence-corrected chi connectivity index (χ0v) is 8.90. The van der Waals surface area contributed by atoms with Gasteiger partial charge in [-0.05, 0) is 20.0 Å². The Kier molecular flexibility index (Phi) is 4.46. The Labute approximate surface area is 85.1 Å². The molecule has 1 heterocycles. The second-order valence-corrected chi connectivity index (χ2v) is 3.53. The van der Waals surface area contributed by atoms with Gasteiger partial charge in [0.2, 0.25) is 0 Å². The maximum Gasteiger partial charge on any atom is 0.331 e. The van der Waals surface area contributed by atoms with Gasteiger partial charge in [-0.25, -0.2) is 4.79 Å². The molecular formula is C10H18N2O2. The fourth-order valence-electron chi connectivity index (χ4n) is 1.45. The fraction of sp³-hybridized carbons (Fsp3) is 0.700. The smallest absolute Gasteiger partial charge is 0.331 e. The van der Waals surface area contributed by atoms with Crippen molar-refractivity contribution in [3.8, 4) is 0 Å². The lowest BCUT2D eigenvalue weighted by Gasteiger charge is -2.17. The van der Waals surface area contributed by atoms with Gasteiger partial charge in [0.05, 0.1) is 7.11 Å². The fourth-order valence-corrected chi connectivity index (χ4v) is 1.45. The lowest BCUT2D eigenvalue weighted by molar-refractivity contribution is -0.134. The summed E-state index contributed by atoms with van der Waals surface area (Å²) in [5.74, 6) is -0.289. The molecule has 4 nitrogen and oxygen atoms in total. The van der Waals surface area contributed by atoms with Crippen LogP contribution in [-0.2, 0) is 9.53 Å². The molecule has 0 aromatic rings. The van der Waals surface area contributed by atoms with Crippen molar-refractivity contribution in [1.82, 2.24) is 9.80 Å². The monoisotopic (exact) mass is 198 g/mol. The molecule has 0 saturated carbocycles. The summed E-state index contributed by atoms with van der Waals surface area (Å²) in [6.07, 6.45) is 4.44. The SMILES string of the molecule is COC(=O)C=CN1CCCN(C)CC1. The first-order valence-electron chi connectivity index (χ1n) is 4.91. The van der Waals surface area contributed by atoms with Gasteiger partial charge in [-0.2, -0.15) is 0 Å². The molecule has 0 aromatic carbocycles. The van der Waals surface area contributed by atoms with Crippen LogP contribution in [0.1, 0.15) is 6.42 Å². The molecule has 1 rings (SSSR count). The Morgan fingerprint density at radius 2 is 2.07 bits per heavy atom. The standard InChI is InChI=1S/C10H18N2O2/c1-11-5-3-6-12(9-8-11)7-4-10(13)14-2/h4,7H,3,5-6,8-9H2,1-2H3. The molecule has 0 amide bonds. The van der Waals surface area contributed by atoms with E-state index in [2.05, 4.69) is 21.6 Å². The van der Waals surface area contributed by atoms with E-state index in [4.69, 9.17) is 0 Å². The van der Waals surface area contributed by atoms with Crippen LogP contribution in [0.2, 0.25) is 0 Å². The van der Waals surface area contributed by atoms with Crippen molar-refractivity contribution >= 4 is 5.97 Å². The number of hydrogen-bond acceptors (Lipinski definition) is 4. The van der Waals surface area contributed by atoms with Crippen molar-refractivity contribution in [3.05, 3.63) is 12.3 Å². The van der Waals surface area contributed by atoms with Gasteiger partial charge in [-0.1, -0.05) is 0 Å². The van der Waals surface area contributed by atoms with Gasteiger partial charge in [0.1, 0.15) is 0 Å². The third-order valence-electron chi connectivity index (χ3n) is 2.38. The lowest BCUT2D eigenvalue weighted by Crippen LogP contribution is -2.25. The van der Waals surface area contributed by atoms with Gasteiger partial charge >= 0.3 is 5.97 Å². The number of likely N-dealkylation sites (N-methyl/N-ethyl adjacent to an activating group) is 1. The maximum absolute atomic E-state index is 10.9. The first kappa shape index (κ1) is 11.0. The van der Waals surface area contributed by atoms with Crippen LogP contribution in [0, 0.1) is 0 Å². The van der Waals surface area contributed by atoms with Crippen molar-refractivity contribution in [2.24, 2.45) is 0 Å². The Bertz CT molecular complexity index is 216. The predicted molar refractivity (Wildman–Crippen MR) is 54.8 cm³/mol. The minimum atomic E-state index is -0.289. The van der Waals surface area contributed by atoms with Crippen molar-refractivity contribution < 1.29 is 9.53 Å². The number of ether oxygens (including phenoxy) is 1. The summed E-state index contributed by atoms with van der Waals surface area (Å²) in [5, 5.41) is 0. The number of esters is 1. The van der Waals surface area contributed by atoms with Gasteiger partial charge in [0, 0.05) is 31.9 Å². The van der Waals surface area contributed by atoms with Gasteiger partial charge in [0.25, 0.3) is 0 Å². The van der Waals surface area contributed by atoms with Crippen LogP contribution < -0.4 is 0 Å². The number of rotatable bonds is 2. The molecule has 0 unspecified atom stereocenters. The number of hydrogen-bond donors (Lipinski definition) is 0. The zero-order chi connectivity index (χ0) is 10.4. The molecule has 0 spiro atoms. The Hall–Kier alpha value is -1.03. The number of methoxy groups -OCH3 is 1. The van der Waals surface area contributed by atoms with Crippen molar-refractivity contribution in [1.29, 1.82) is 0 Å². The third-order valence-corrected chi connectivity index (χ3v) is 2.38. The van der Waals surface area contributed by atoms with Gasteiger partial charge in [-0.15, -0.1) is 0 Å². The summed E-state index contributed by atoms with van der Waals surface area (Å²) >= 11 is 0. The van der Waals surface area contributed by atoms with E-state index in [1.807, 2.05) is 6.20 Å². The molecule has 0 aromatic heterocycles. The van der Waals surface area contributed by atoms with Crippen LogP contribution in [0.5, 0.6) is 0 Å². The summed E-state index contributed by atoms with van der Waals surface area (Å²) in [7, 11) is 3.51. The van der Waals surface area contributed by atoms with E-state index in [1.165, 1.54) is 13.2 Å². The second-order valence-electron chi connectivity index (χ2n) is 3.53. The topological polar surface area (TPSA) is 32.8 Å². The van der Waals surface area contributed by atoms with Gasteiger partial charge in [-0.3, -0.25) is 0 Å².